The number of amides is 1. The molecular weight excluding hydrogens is 266 g/mol. The summed E-state index contributed by atoms with van der Waals surface area (Å²) >= 11 is 0. The minimum absolute atomic E-state index is 0.00195. The summed E-state index contributed by atoms with van der Waals surface area (Å²) in [5.41, 5.74) is 1.27. The number of aliphatic carboxylic acids is 1. The summed E-state index contributed by atoms with van der Waals surface area (Å²) in [6.45, 7) is 3.59. The zero-order chi connectivity index (χ0) is 15.3. The van der Waals surface area contributed by atoms with Gasteiger partial charge in [-0.15, -0.1) is 0 Å². The maximum Gasteiger partial charge on any atom is 0.303 e. The van der Waals surface area contributed by atoms with Gasteiger partial charge in [-0.3, -0.25) is 9.59 Å². The van der Waals surface area contributed by atoms with Crippen molar-refractivity contribution in [3.05, 3.63) is 35.9 Å². The van der Waals surface area contributed by atoms with Crippen LogP contribution in [0.1, 0.15) is 44.6 Å². The molecule has 1 saturated heterocycles. The Bertz CT molecular complexity index is 500. The number of rotatable bonds is 6. The lowest BCUT2D eigenvalue weighted by Gasteiger charge is -2.40. The van der Waals surface area contributed by atoms with Gasteiger partial charge in [0.25, 0.3) is 0 Å². The first-order valence-corrected chi connectivity index (χ1v) is 7.56. The summed E-state index contributed by atoms with van der Waals surface area (Å²) < 4.78 is 0. The number of unbranched alkanes of at least 4 members (excludes halogenated alkanes) is 1. The fraction of sp³-hybridized carbons (Fsp3) is 0.529. The van der Waals surface area contributed by atoms with Gasteiger partial charge in [-0.1, -0.05) is 37.3 Å². The predicted molar refractivity (Wildman–Crippen MR) is 81.1 cm³/mol. The molecule has 4 nitrogen and oxygen atoms in total. The van der Waals surface area contributed by atoms with Crippen LogP contribution in [0.2, 0.25) is 0 Å². The third-order valence-corrected chi connectivity index (χ3v) is 4.32. The molecule has 21 heavy (non-hydrogen) atoms. The van der Waals surface area contributed by atoms with Gasteiger partial charge in [0.05, 0.1) is 0 Å². The number of carboxylic acid groups (broad SMARTS) is 1. The summed E-state index contributed by atoms with van der Waals surface area (Å²) in [4.78, 5) is 24.5. The monoisotopic (exact) mass is 289 g/mol. The smallest absolute Gasteiger partial charge is 0.303 e. The van der Waals surface area contributed by atoms with Crippen LogP contribution < -0.4 is 0 Å². The van der Waals surface area contributed by atoms with Crippen LogP contribution in [0.15, 0.2) is 30.3 Å². The highest BCUT2D eigenvalue weighted by molar-refractivity contribution is 5.77. The lowest BCUT2D eigenvalue weighted by molar-refractivity contribution is -0.137. The van der Waals surface area contributed by atoms with Crippen LogP contribution in [0.4, 0.5) is 0 Å². The van der Waals surface area contributed by atoms with Crippen LogP contribution in [-0.4, -0.2) is 35.0 Å². The molecule has 1 amide bonds. The van der Waals surface area contributed by atoms with Gasteiger partial charge >= 0.3 is 5.97 Å². The van der Waals surface area contributed by atoms with Gasteiger partial charge in [0, 0.05) is 31.3 Å². The van der Waals surface area contributed by atoms with Gasteiger partial charge in [-0.2, -0.15) is 0 Å². The normalized spacial score (nSPS) is 22.3. The van der Waals surface area contributed by atoms with Crippen LogP contribution in [0.3, 0.4) is 0 Å². The van der Waals surface area contributed by atoms with Crippen molar-refractivity contribution < 1.29 is 14.7 Å². The number of carboxylic acids is 1. The maximum absolute atomic E-state index is 12.1. The second kappa shape index (κ2) is 6.74. The molecule has 0 aromatic heterocycles. The van der Waals surface area contributed by atoms with Crippen molar-refractivity contribution in [2.45, 2.75) is 44.4 Å². The fourth-order valence-corrected chi connectivity index (χ4v) is 2.99. The topological polar surface area (TPSA) is 57.6 Å². The average molecular weight is 289 g/mol. The van der Waals surface area contributed by atoms with Crippen molar-refractivity contribution >= 4 is 11.9 Å². The standard InChI is InChI=1S/C17H23NO3/c1-17(14-7-3-2-4-8-14)11-10-15(19)18(13-17)12-6-5-9-16(20)21/h2-4,7-8H,5-6,9-13H2,1H3,(H,20,21). The Kier molecular flexibility index (Phi) is 4.99. The molecule has 1 atom stereocenters. The zero-order valence-corrected chi connectivity index (χ0v) is 12.5. The van der Waals surface area contributed by atoms with Crippen LogP contribution in [0.25, 0.3) is 0 Å². The highest BCUT2D eigenvalue weighted by Gasteiger charge is 2.35. The summed E-state index contributed by atoms with van der Waals surface area (Å²) in [5, 5.41) is 8.65. The van der Waals surface area contributed by atoms with Crippen molar-refractivity contribution in [2.75, 3.05) is 13.1 Å². The van der Waals surface area contributed by atoms with Crippen molar-refractivity contribution in [3.8, 4) is 0 Å². The Morgan fingerprint density at radius 1 is 1.29 bits per heavy atom. The van der Waals surface area contributed by atoms with Crippen LogP contribution >= 0.6 is 0 Å². The third kappa shape index (κ3) is 4.06. The van der Waals surface area contributed by atoms with Gasteiger partial charge in [0.15, 0.2) is 0 Å². The Morgan fingerprint density at radius 3 is 2.67 bits per heavy atom. The minimum atomic E-state index is -0.769. The summed E-state index contributed by atoms with van der Waals surface area (Å²) in [5.74, 6) is -0.576. The third-order valence-electron chi connectivity index (χ3n) is 4.32. The van der Waals surface area contributed by atoms with Crippen LogP contribution in [0, 0.1) is 0 Å². The van der Waals surface area contributed by atoms with E-state index in [1.807, 2.05) is 23.1 Å². The molecular formula is C17H23NO3. The number of nitrogens with zero attached hydrogens (tertiary/aromatic N) is 1. The number of hydrogen-bond acceptors (Lipinski definition) is 2. The average Bonchev–Trinajstić information content (AvgIpc) is 2.48. The largest absolute Gasteiger partial charge is 0.481 e. The fourth-order valence-electron chi connectivity index (χ4n) is 2.99. The van der Waals surface area contributed by atoms with Gasteiger partial charge in [0.2, 0.25) is 5.91 Å². The molecule has 1 aromatic rings. The highest BCUT2D eigenvalue weighted by atomic mass is 16.4. The first-order chi connectivity index (χ1) is 10.0. The molecule has 0 saturated carbocycles. The van der Waals surface area contributed by atoms with E-state index in [9.17, 15) is 9.59 Å². The van der Waals surface area contributed by atoms with E-state index in [-0.39, 0.29) is 17.7 Å². The molecule has 2 rings (SSSR count). The Morgan fingerprint density at radius 2 is 2.00 bits per heavy atom. The lowest BCUT2D eigenvalue weighted by Crippen LogP contribution is -2.47. The van der Waals surface area contributed by atoms with Gasteiger partial charge in [0.1, 0.15) is 0 Å². The summed E-state index contributed by atoms with van der Waals surface area (Å²) in [7, 11) is 0. The van der Waals surface area contributed by atoms with Gasteiger partial charge in [-0.05, 0) is 24.8 Å². The molecule has 114 valence electrons. The van der Waals surface area contributed by atoms with E-state index in [1.54, 1.807) is 0 Å². The molecule has 1 aliphatic heterocycles. The number of carbonyl (C=O) groups excluding carboxylic acids is 1. The summed E-state index contributed by atoms with van der Waals surface area (Å²) in [6, 6.07) is 10.3. The van der Waals surface area contributed by atoms with Crippen molar-refractivity contribution in [2.24, 2.45) is 0 Å². The molecule has 0 bridgehead atoms. The molecule has 1 aromatic carbocycles. The predicted octanol–water partition coefficient (Wildman–Crippen LogP) is 2.82. The second-order valence-electron chi connectivity index (χ2n) is 6.09. The molecule has 1 fully saturated rings. The maximum atomic E-state index is 12.1. The number of hydrogen-bond donors (Lipinski definition) is 1. The molecule has 1 N–H and O–H groups in total. The Balaban J connectivity index is 1.96. The minimum Gasteiger partial charge on any atom is -0.481 e. The van der Waals surface area contributed by atoms with Crippen molar-refractivity contribution in [3.63, 3.8) is 0 Å². The zero-order valence-electron chi connectivity index (χ0n) is 12.5. The molecule has 0 radical (unpaired) electrons. The van der Waals surface area contributed by atoms with Crippen LogP contribution in [0.5, 0.6) is 0 Å². The summed E-state index contributed by atoms with van der Waals surface area (Å²) in [6.07, 6.45) is 3.01. The van der Waals surface area contributed by atoms with Crippen molar-refractivity contribution in [1.29, 1.82) is 0 Å². The molecule has 1 unspecified atom stereocenters. The van der Waals surface area contributed by atoms with Gasteiger partial charge < -0.3 is 10.0 Å². The van der Waals surface area contributed by atoms with Crippen LogP contribution in [-0.2, 0) is 15.0 Å². The molecule has 1 heterocycles. The first-order valence-electron chi connectivity index (χ1n) is 7.56. The van der Waals surface area contributed by atoms with E-state index < -0.39 is 5.97 Å². The van der Waals surface area contributed by atoms with E-state index in [1.165, 1.54) is 5.56 Å². The second-order valence-corrected chi connectivity index (χ2v) is 6.09. The Labute approximate surface area is 125 Å². The van der Waals surface area contributed by atoms with Gasteiger partial charge in [-0.25, -0.2) is 0 Å². The molecule has 4 heteroatoms. The van der Waals surface area contributed by atoms with Crippen molar-refractivity contribution in [1.82, 2.24) is 4.90 Å². The number of likely N-dealkylation sites (tertiary alicyclic amines) is 1. The molecule has 1 aliphatic rings. The number of carbonyl (C=O) groups is 2. The number of benzene rings is 1. The van der Waals surface area contributed by atoms with E-state index in [2.05, 4.69) is 19.1 Å². The van der Waals surface area contributed by atoms with E-state index in [0.29, 0.717) is 19.4 Å². The highest BCUT2D eigenvalue weighted by Crippen LogP contribution is 2.34. The molecule has 0 spiro atoms. The Hall–Kier alpha value is -1.84. The first kappa shape index (κ1) is 15.5. The van der Waals surface area contributed by atoms with E-state index >= 15 is 0 Å². The van der Waals surface area contributed by atoms with E-state index in [0.717, 1.165) is 19.4 Å². The lowest BCUT2D eigenvalue weighted by atomic mass is 9.75. The van der Waals surface area contributed by atoms with E-state index in [4.69, 9.17) is 5.11 Å². The quantitative estimate of drug-likeness (QED) is 0.819. The SMILES string of the molecule is CC1(c2ccccc2)CCC(=O)N(CCCCC(=O)O)C1. The number of piperidine rings is 1. The molecule has 0 aliphatic carbocycles.